The summed E-state index contributed by atoms with van der Waals surface area (Å²) in [6.07, 6.45) is 3.88. The van der Waals surface area contributed by atoms with Crippen LogP contribution in [0.25, 0.3) is 0 Å². The second-order valence-electron chi connectivity index (χ2n) is 6.50. The van der Waals surface area contributed by atoms with Crippen LogP contribution in [0.15, 0.2) is 59.4 Å². The van der Waals surface area contributed by atoms with Crippen molar-refractivity contribution < 1.29 is 53.6 Å². The van der Waals surface area contributed by atoms with Crippen molar-refractivity contribution >= 4 is 40.9 Å². The van der Waals surface area contributed by atoms with Gasteiger partial charge in [-0.2, -0.15) is 0 Å². The monoisotopic (exact) mass is 438 g/mol. The number of aromatic nitrogens is 1. The van der Waals surface area contributed by atoms with Gasteiger partial charge in [-0.25, -0.2) is 4.57 Å². The molecule has 2 amide bonds. The number of thioether (sulfide) groups is 1. The molecule has 2 aromatic rings. The molecule has 10 heteroatoms. The van der Waals surface area contributed by atoms with E-state index in [9.17, 15) is 19.5 Å². The summed E-state index contributed by atoms with van der Waals surface area (Å²) in [5.74, 6) is -1.57. The number of rotatable bonds is 6. The Balaban J connectivity index is 0.00000240. The molecule has 2 unspecified atom stereocenters. The molecule has 2 aliphatic heterocycles. The Bertz CT molecular complexity index is 950. The molecule has 29 heavy (non-hydrogen) atoms. The van der Waals surface area contributed by atoms with Crippen molar-refractivity contribution in [1.29, 1.82) is 0 Å². The van der Waals surface area contributed by atoms with Crippen LogP contribution in [-0.2, 0) is 27.3 Å². The Morgan fingerprint density at radius 3 is 2.66 bits per heavy atom. The molecule has 0 aromatic carbocycles. The Morgan fingerprint density at radius 2 is 2.00 bits per heavy atom. The first kappa shape index (κ1) is 22.0. The molecule has 4 heterocycles. The van der Waals surface area contributed by atoms with Crippen LogP contribution in [0.2, 0.25) is 0 Å². The zero-order chi connectivity index (χ0) is 19.7. The normalized spacial score (nSPS) is 20.4. The third-order valence-corrected chi connectivity index (χ3v) is 6.84. The number of hydrogen-bond acceptors (Lipinski definition) is 6. The van der Waals surface area contributed by atoms with E-state index in [4.69, 9.17) is 0 Å². The predicted octanol–water partition coefficient (Wildman–Crippen LogP) is -3.31. The minimum absolute atomic E-state index is 0. The number of nitrogens with zero attached hydrogens (tertiary/aromatic N) is 2. The molecule has 144 valence electrons. The average Bonchev–Trinajstić information content (AvgIpc) is 3.19. The first-order chi connectivity index (χ1) is 13.5. The minimum Gasteiger partial charge on any atom is -0.543 e. The molecule has 1 fully saturated rings. The summed E-state index contributed by atoms with van der Waals surface area (Å²) in [6, 6.07) is 8.59. The summed E-state index contributed by atoms with van der Waals surface area (Å²) in [4.78, 5) is 38.8. The van der Waals surface area contributed by atoms with E-state index in [0.717, 1.165) is 4.88 Å². The molecule has 0 saturated carbocycles. The van der Waals surface area contributed by atoms with Crippen molar-refractivity contribution in [3.05, 3.63) is 64.3 Å². The van der Waals surface area contributed by atoms with E-state index in [2.05, 4.69) is 5.32 Å². The molecular weight excluding hydrogens is 421 g/mol. The summed E-state index contributed by atoms with van der Waals surface area (Å²) < 4.78 is 1.85. The number of thiophene rings is 1. The molecule has 2 atom stereocenters. The number of fused-ring (bicyclic) bond motifs is 1. The van der Waals surface area contributed by atoms with Crippen LogP contribution < -0.4 is 44.5 Å². The van der Waals surface area contributed by atoms with Gasteiger partial charge >= 0.3 is 29.6 Å². The van der Waals surface area contributed by atoms with Gasteiger partial charge in [-0.1, -0.05) is 12.1 Å². The quantitative estimate of drug-likeness (QED) is 0.290. The van der Waals surface area contributed by atoms with Gasteiger partial charge in [0.25, 0.3) is 5.91 Å². The van der Waals surface area contributed by atoms with Gasteiger partial charge in [-0.3, -0.25) is 14.5 Å². The average molecular weight is 438 g/mol. The fourth-order valence-electron chi connectivity index (χ4n) is 3.35. The minimum atomic E-state index is -1.37. The molecule has 2 aromatic heterocycles. The van der Waals surface area contributed by atoms with Gasteiger partial charge in [0, 0.05) is 28.3 Å². The molecule has 4 rings (SSSR count). The van der Waals surface area contributed by atoms with Crippen LogP contribution in [0.1, 0.15) is 4.88 Å². The fourth-order valence-corrected chi connectivity index (χ4v) is 5.39. The maximum Gasteiger partial charge on any atom is 1.00 e. The number of aliphatic carboxylic acids is 1. The zero-order valence-corrected chi connectivity index (χ0v) is 19.4. The van der Waals surface area contributed by atoms with E-state index in [1.807, 2.05) is 52.7 Å². The molecule has 2 aliphatic rings. The SMILES string of the molecule is O=C(Cc1cccs1)NC1C(=O)N2C(C(=O)[O-])=C(C[n+]3ccccc3)CSC12.[Na+]. The number of amides is 2. The number of nitrogens with one attached hydrogen (secondary N) is 1. The number of hydrogen-bond donors (Lipinski definition) is 1. The standard InChI is InChI=1S/C19H17N3O4S2.Na/c23-14(9-13-5-4-8-27-13)20-15-17(24)22-16(19(25)26)12(11-28-18(15)22)10-21-6-2-1-3-7-21;/h1-8,15,18H,9-11H2,(H-,20,23,25,26);/q;+1. The molecule has 0 radical (unpaired) electrons. The smallest absolute Gasteiger partial charge is 0.543 e. The molecule has 0 bridgehead atoms. The van der Waals surface area contributed by atoms with E-state index < -0.39 is 23.3 Å². The maximum absolute atomic E-state index is 12.6. The maximum atomic E-state index is 12.6. The van der Waals surface area contributed by atoms with Gasteiger partial charge < -0.3 is 15.2 Å². The summed E-state index contributed by atoms with van der Waals surface area (Å²) >= 11 is 2.93. The Hall–Kier alpha value is -1.65. The second-order valence-corrected chi connectivity index (χ2v) is 8.64. The predicted molar refractivity (Wildman–Crippen MR) is 102 cm³/mol. The Labute approximate surface area is 198 Å². The summed E-state index contributed by atoms with van der Waals surface area (Å²) in [6.45, 7) is 0.364. The molecule has 0 aliphatic carbocycles. The van der Waals surface area contributed by atoms with E-state index in [1.165, 1.54) is 28.0 Å². The van der Waals surface area contributed by atoms with E-state index >= 15 is 0 Å². The van der Waals surface area contributed by atoms with Crippen molar-refractivity contribution in [3.8, 4) is 0 Å². The molecule has 7 nitrogen and oxygen atoms in total. The number of carboxylic acids is 1. The van der Waals surface area contributed by atoms with Crippen molar-refractivity contribution in [1.82, 2.24) is 10.2 Å². The van der Waals surface area contributed by atoms with Gasteiger partial charge in [-0.05, 0) is 11.4 Å². The topological polar surface area (TPSA) is 93.4 Å². The van der Waals surface area contributed by atoms with Crippen LogP contribution in [0, 0.1) is 0 Å². The molecular formula is C19H17N3NaO4S2+. The first-order valence-electron chi connectivity index (χ1n) is 8.68. The second kappa shape index (κ2) is 9.44. The molecule has 1 saturated heterocycles. The number of pyridine rings is 1. The number of carboxylic acid groups (broad SMARTS) is 1. The summed E-state index contributed by atoms with van der Waals surface area (Å²) in [5.41, 5.74) is 0.544. The van der Waals surface area contributed by atoms with Gasteiger partial charge in [0.05, 0.1) is 18.1 Å². The van der Waals surface area contributed by atoms with E-state index in [-0.39, 0.29) is 47.6 Å². The van der Waals surface area contributed by atoms with E-state index in [0.29, 0.717) is 17.9 Å². The fraction of sp³-hybridized carbons (Fsp3) is 0.263. The van der Waals surface area contributed by atoms with Crippen LogP contribution in [0.3, 0.4) is 0 Å². The number of β-lactam (4-membered cyclic amide) rings is 1. The Kier molecular flexibility index (Phi) is 7.18. The van der Waals surface area contributed by atoms with Crippen molar-refractivity contribution in [2.45, 2.75) is 24.4 Å². The number of carbonyl (C=O) groups is 3. The van der Waals surface area contributed by atoms with Crippen molar-refractivity contribution in [3.63, 3.8) is 0 Å². The van der Waals surface area contributed by atoms with Gasteiger partial charge in [0.2, 0.25) is 5.91 Å². The van der Waals surface area contributed by atoms with Crippen LogP contribution in [0.5, 0.6) is 0 Å². The summed E-state index contributed by atoms with van der Waals surface area (Å²) in [5, 5.41) is 16.0. The van der Waals surface area contributed by atoms with Crippen molar-refractivity contribution in [2.24, 2.45) is 0 Å². The Morgan fingerprint density at radius 1 is 1.24 bits per heavy atom. The van der Waals surface area contributed by atoms with Gasteiger partial charge in [0.1, 0.15) is 11.4 Å². The van der Waals surface area contributed by atoms with Gasteiger partial charge in [0.15, 0.2) is 18.9 Å². The number of carbonyl (C=O) groups excluding carboxylic acids is 3. The summed E-state index contributed by atoms with van der Waals surface area (Å²) in [7, 11) is 0. The van der Waals surface area contributed by atoms with Crippen LogP contribution >= 0.6 is 23.1 Å². The third-order valence-electron chi connectivity index (χ3n) is 4.62. The van der Waals surface area contributed by atoms with Crippen molar-refractivity contribution in [2.75, 3.05) is 5.75 Å². The van der Waals surface area contributed by atoms with Crippen LogP contribution in [-0.4, -0.2) is 39.9 Å². The zero-order valence-electron chi connectivity index (χ0n) is 15.7. The van der Waals surface area contributed by atoms with E-state index in [1.54, 1.807) is 0 Å². The third kappa shape index (κ3) is 4.59. The first-order valence-corrected chi connectivity index (χ1v) is 10.6. The largest absolute Gasteiger partial charge is 1.00 e. The van der Waals surface area contributed by atoms with Gasteiger partial charge in [-0.15, -0.1) is 23.1 Å². The molecule has 0 spiro atoms. The molecule has 1 N–H and O–H groups in total. The van der Waals surface area contributed by atoms with Crippen LogP contribution in [0.4, 0.5) is 0 Å².